The summed E-state index contributed by atoms with van der Waals surface area (Å²) in [6, 6.07) is 10.1. The summed E-state index contributed by atoms with van der Waals surface area (Å²) >= 11 is 0. The molecule has 0 fully saturated rings. The van der Waals surface area contributed by atoms with Crippen LogP contribution in [0.3, 0.4) is 0 Å². The fourth-order valence-corrected chi connectivity index (χ4v) is 1.96. The molecule has 0 spiro atoms. The van der Waals surface area contributed by atoms with Crippen LogP contribution in [0.1, 0.15) is 34.6 Å². The van der Waals surface area contributed by atoms with Gasteiger partial charge in [-0.25, -0.2) is 0 Å². The van der Waals surface area contributed by atoms with Crippen LogP contribution in [0, 0.1) is 5.41 Å². The number of hydrogen-bond donors (Lipinski definition) is 1. The fraction of sp³-hybridized carbons (Fsp3) is 0.500. The average Bonchev–Trinajstić information content (AvgIpc) is 2.42. The molecule has 0 bridgehead atoms. The van der Waals surface area contributed by atoms with E-state index in [9.17, 15) is 0 Å². The summed E-state index contributed by atoms with van der Waals surface area (Å²) in [5.41, 5.74) is 1.19. The van der Waals surface area contributed by atoms with Gasteiger partial charge >= 0.3 is 0 Å². The van der Waals surface area contributed by atoms with Crippen molar-refractivity contribution in [1.82, 2.24) is 10.3 Å². The van der Waals surface area contributed by atoms with Crippen LogP contribution in [0.5, 0.6) is 5.75 Å². The molecule has 0 saturated heterocycles. The Labute approximate surface area is 127 Å². The van der Waals surface area contributed by atoms with Gasteiger partial charge in [0.2, 0.25) is 0 Å². The van der Waals surface area contributed by atoms with Gasteiger partial charge in [0.1, 0.15) is 5.75 Å². The maximum atomic E-state index is 5.94. The zero-order valence-corrected chi connectivity index (χ0v) is 13.7. The number of hydrogen-bond acceptors (Lipinski definition) is 3. The van der Waals surface area contributed by atoms with Gasteiger partial charge in [-0.3, -0.25) is 4.98 Å². The third kappa shape index (κ3) is 5.01. The SMILES string of the molecule is CC(C)(CNC(C)(C)C)COc1cnc2ccccc2c1. The highest BCUT2D eigenvalue weighted by atomic mass is 16.5. The van der Waals surface area contributed by atoms with Gasteiger partial charge in [0.15, 0.2) is 0 Å². The van der Waals surface area contributed by atoms with E-state index in [-0.39, 0.29) is 11.0 Å². The molecule has 114 valence electrons. The van der Waals surface area contributed by atoms with E-state index in [1.807, 2.05) is 18.2 Å². The Morgan fingerprint density at radius 2 is 1.81 bits per heavy atom. The van der Waals surface area contributed by atoms with Crippen molar-refractivity contribution in [3.8, 4) is 5.75 Å². The monoisotopic (exact) mass is 286 g/mol. The minimum atomic E-state index is 0.0684. The smallest absolute Gasteiger partial charge is 0.138 e. The minimum Gasteiger partial charge on any atom is -0.491 e. The minimum absolute atomic E-state index is 0.0684. The van der Waals surface area contributed by atoms with Crippen molar-refractivity contribution in [2.75, 3.05) is 13.2 Å². The van der Waals surface area contributed by atoms with E-state index >= 15 is 0 Å². The summed E-state index contributed by atoms with van der Waals surface area (Å²) in [7, 11) is 0. The third-order valence-electron chi connectivity index (χ3n) is 3.29. The molecule has 0 saturated carbocycles. The van der Waals surface area contributed by atoms with E-state index in [1.165, 1.54) is 0 Å². The Morgan fingerprint density at radius 1 is 1.10 bits per heavy atom. The standard InChI is InChI=1S/C18H26N2O/c1-17(2,3)20-12-18(4,5)13-21-15-10-14-8-6-7-9-16(14)19-11-15/h6-11,20H,12-13H2,1-5H3. The Bertz CT molecular complexity index is 599. The number of nitrogens with one attached hydrogen (secondary N) is 1. The summed E-state index contributed by atoms with van der Waals surface area (Å²) in [6.45, 7) is 12.5. The van der Waals surface area contributed by atoms with Crippen molar-refractivity contribution in [2.24, 2.45) is 5.41 Å². The Balaban J connectivity index is 1.97. The molecule has 1 aromatic carbocycles. The van der Waals surface area contributed by atoms with E-state index in [2.05, 4.69) is 57.1 Å². The second-order valence-corrected chi connectivity index (χ2v) is 7.42. The van der Waals surface area contributed by atoms with Crippen LogP contribution in [0.4, 0.5) is 0 Å². The highest BCUT2D eigenvalue weighted by Gasteiger charge is 2.22. The predicted octanol–water partition coefficient (Wildman–Crippen LogP) is 4.03. The number of rotatable bonds is 5. The Hall–Kier alpha value is -1.61. The molecule has 0 amide bonds. The lowest BCUT2D eigenvalue weighted by atomic mass is 9.93. The number of fused-ring (bicyclic) bond motifs is 1. The lowest BCUT2D eigenvalue weighted by Crippen LogP contribution is -2.43. The second kappa shape index (κ2) is 6.02. The Morgan fingerprint density at radius 3 is 2.52 bits per heavy atom. The van der Waals surface area contributed by atoms with Crippen LogP contribution in [0.25, 0.3) is 10.9 Å². The number of pyridine rings is 1. The maximum absolute atomic E-state index is 5.94. The molecule has 1 aromatic heterocycles. The number of aromatic nitrogens is 1. The zero-order valence-electron chi connectivity index (χ0n) is 13.7. The van der Waals surface area contributed by atoms with Gasteiger partial charge < -0.3 is 10.1 Å². The van der Waals surface area contributed by atoms with Crippen LogP contribution in [-0.2, 0) is 0 Å². The van der Waals surface area contributed by atoms with Crippen molar-refractivity contribution in [1.29, 1.82) is 0 Å². The molecule has 0 unspecified atom stereocenters. The van der Waals surface area contributed by atoms with Gasteiger partial charge in [0.05, 0.1) is 18.3 Å². The van der Waals surface area contributed by atoms with Crippen molar-refractivity contribution in [2.45, 2.75) is 40.2 Å². The molecule has 0 atom stereocenters. The number of para-hydroxylation sites is 1. The molecular weight excluding hydrogens is 260 g/mol. The summed E-state index contributed by atoms with van der Waals surface area (Å²) < 4.78 is 5.94. The molecule has 0 radical (unpaired) electrons. The van der Waals surface area contributed by atoms with Crippen molar-refractivity contribution < 1.29 is 4.74 Å². The average molecular weight is 286 g/mol. The van der Waals surface area contributed by atoms with E-state index in [0.29, 0.717) is 6.61 Å². The van der Waals surface area contributed by atoms with Crippen LogP contribution >= 0.6 is 0 Å². The molecule has 1 N–H and O–H groups in total. The Kier molecular flexibility index (Phi) is 4.52. The first kappa shape index (κ1) is 15.8. The van der Waals surface area contributed by atoms with Crippen LogP contribution in [0.15, 0.2) is 36.5 Å². The molecule has 2 aromatic rings. The van der Waals surface area contributed by atoms with Gasteiger partial charge in [-0.2, -0.15) is 0 Å². The molecule has 0 aliphatic carbocycles. The first-order valence-electron chi connectivity index (χ1n) is 7.48. The molecule has 2 rings (SSSR count). The van der Waals surface area contributed by atoms with E-state index in [0.717, 1.165) is 23.2 Å². The predicted molar refractivity (Wildman–Crippen MR) is 88.8 cm³/mol. The summed E-state index contributed by atoms with van der Waals surface area (Å²) in [5, 5.41) is 4.64. The molecule has 0 aliphatic heterocycles. The molecule has 3 nitrogen and oxygen atoms in total. The highest BCUT2D eigenvalue weighted by Crippen LogP contribution is 2.21. The maximum Gasteiger partial charge on any atom is 0.138 e. The number of nitrogens with zero attached hydrogens (tertiary/aromatic N) is 1. The van der Waals surface area contributed by atoms with E-state index in [4.69, 9.17) is 4.74 Å². The zero-order chi connectivity index (χ0) is 15.5. The second-order valence-electron chi connectivity index (χ2n) is 7.42. The van der Waals surface area contributed by atoms with Gasteiger partial charge in [0, 0.05) is 22.9 Å². The third-order valence-corrected chi connectivity index (χ3v) is 3.29. The molecular formula is C18H26N2O. The summed E-state index contributed by atoms with van der Waals surface area (Å²) in [4.78, 5) is 4.43. The molecule has 21 heavy (non-hydrogen) atoms. The summed E-state index contributed by atoms with van der Waals surface area (Å²) in [5.74, 6) is 0.831. The lowest BCUT2D eigenvalue weighted by molar-refractivity contribution is 0.165. The van der Waals surface area contributed by atoms with Crippen LogP contribution in [-0.4, -0.2) is 23.7 Å². The van der Waals surface area contributed by atoms with Gasteiger partial charge in [0.25, 0.3) is 0 Å². The topological polar surface area (TPSA) is 34.1 Å². The quantitative estimate of drug-likeness (QED) is 0.901. The van der Waals surface area contributed by atoms with Crippen molar-refractivity contribution >= 4 is 10.9 Å². The van der Waals surface area contributed by atoms with E-state index in [1.54, 1.807) is 6.20 Å². The van der Waals surface area contributed by atoms with E-state index < -0.39 is 0 Å². The van der Waals surface area contributed by atoms with Crippen LogP contribution in [0.2, 0.25) is 0 Å². The van der Waals surface area contributed by atoms with Gasteiger partial charge in [-0.15, -0.1) is 0 Å². The number of ether oxygens (including phenoxy) is 1. The van der Waals surface area contributed by atoms with Crippen LogP contribution < -0.4 is 10.1 Å². The van der Waals surface area contributed by atoms with Crippen molar-refractivity contribution in [3.63, 3.8) is 0 Å². The summed E-state index contributed by atoms with van der Waals surface area (Å²) in [6.07, 6.45) is 1.80. The largest absolute Gasteiger partial charge is 0.491 e. The first-order valence-corrected chi connectivity index (χ1v) is 7.48. The van der Waals surface area contributed by atoms with Gasteiger partial charge in [-0.1, -0.05) is 32.0 Å². The molecule has 0 aliphatic rings. The normalized spacial score (nSPS) is 12.6. The fourth-order valence-electron chi connectivity index (χ4n) is 1.96. The first-order chi connectivity index (χ1) is 9.75. The molecule has 3 heteroatoms. The highest BCUT2D eigenvalue weighted by molar-refractivity contribution is 5.79. The van der Waals surface area contributed by atoms with Gasteiger partial charge in [-0.05, 0) is 32.9 Å². The van der Waals surface area contributed by atoms with Crippen molar-refractivity contribution in [3.05, 3.63) is 36.5 Å². The lowest BCUT2D eigenvalue weighted by Gasteiger charge is -2.30. The number of benzene rings is 1. The molecule has 1 heterocycles.